The first kappa shape index (κ1) is 19.5. The zero-order valence-electron chi connectivity index (χ0n) is 16.0. The molecule has 0 aliphatic heterocycles. The fourth-order valence-corrected chi connectivity index (χ4v) is 3.38. The maximum atomic E-state index is 8.74. The minimum Gasteiger partial charge on any atom is -0.497 e. The fraction of sp³-hybridized carbons (Fsp3) is 0.391. The van der Waals surface area contributed by atoms with Gasteiger partial charge in [-0.05, 0) is 54.4 Å². The fourth-order valence-electron chi connectivity index (χ4n) is 3.38. The molecule has 0 saturated carbocycles. The number of fused-ring (bicyclic) bond motifs is 2. The largest absolute Gasteiger partial charge is 0.497 e. The standard InChI is InChI=1S/C23H29NO3/c1-26-20-10-11-22-19(17-20)16-18-8-4-5-9-21(18)23(22)27-15-7-3-2-6-12-24-13-14-25/h4-5,8-11,16-17,24-25H,2-3,6-7,12-15H2,1H3. The summed E-state index contributed by atoms with van der Waals surface area (Å²) in [6, 6.07) is 16.7. The van der Waals surface area contributed by atoms with E-state index in [0.29, 0.717) is 6.54 Å². The van der Waals surface area contributed by atoms with Gasteiger partial charge in [-0.25, -0.2) is 0 Å². The number of benzene rings is 3. The predicted octanol–water partition coefficient (Wildman–Crippen LogP) is 4.52. The molecule has 3 aromatic carbocycles. The molecule has 0 unspecified atom stereocenters. The number of hydrogen-bond donors (Lipinski definition) is 2. The third-order valence-electron chi connectivity index (χ3n) is 4.80. The molecule has 27 heavy (non-hydrogen) atoms. The van der Waals surface area contributed by atoms with Crippen LogP contribution in [0.25, 0.3) is 21.5 Å². The Kier molecular flexibility index (Phi) is 7.31. The van der Waals surface area contributed by atoms with Crippen LogP contribution in [0.15, 0.2) is 48.5 Å². The molecule has 0 aromatic heterocycles. The second kappa shape index (κ2) is 10.1. The molecule has 0 atom stereocenters. The van der Waals surface area contributed by atoms with Gasteiger partial charge < -0.3 is 19.9 Å². The molecular weight excluding hydrogens is 338 g/mol. The number of methoxy groups -OCH3 is 1. The Bertz CT molecular complexity index is 863. The Labute approximate surface area is 161 Å². The van der Waals surface area contributed by atoms with Crippen LogP contribution in [0.5, 0.6) is 11.5 Å². The zero-order chi connectivity index (χ0) is 18.9. The summed E-state index contributed by atoms with van der Waals surface area (Å²) in [4.78, 5) is 0. The van der Waals surface area contributed by atoms with Gasteiger partial charge in [0.05, 0.1) is 20.3 Å². The summed E-state index contributed by atoms with van der Waals surface area (Å²) < 4.78 is 11.6. The van der Waals surface area contributed by atoms with Crippen LogP contribution in [0.4, 0.5) is 0 Å². The number of aliphatic hydroxyl groups is 1. The van der Waals surface area contributed by atoms with Crippen molar-refractivity contribution in [1.29, 1.82) is 0 Å². The molecule has 4 nitrogen and oxygen atoms in total. The SMILES string of the molecule is COc1ccc2c(OCCCCCCNCCO)c3ccccc3cc2c1. The van der Waals surface area contributed by atoms with E-state index in [1.54, 1.807) is 7.11 Å². The van der Waals surface area contributed by atoms with Crippen molar-refractivity contribution in [3.8, 4) is 11.5 Å². The van der Waals surface area contributed by atoms with E-state index in [4.69, 9.17) is 14.6 Å². The highest BCUT2D eigenvalue weighted by Crippen LogP contribution is 2.36. The molecule has 144 valence electrons. The summed E-state index contributed by atoms with van der Waals surface area (Å²) in [5.74, 6) is 1.83. The number of ether oxygens (including phenoxy) is 2. The van der Waals surface area contributed by atoms with E-state index in [-0.39, 0.29) is 6.61 Å². The summed E-state index contributed by atoms with van der Waals surface area (Å²) in [5, 5.41) is 16.6. The molecule has 0 fully saturated rings. The Morgan fingerprint density at radius 2 is 1.67 bits per heavy atom. The van der Waals surface area contributed by atoms with Crippen LogP contribution < -0.4 is 14.8 Å². The van der Waals surface area contributed by atoms with Crippen molar-refractivity contribution in [2.45, 2.75) is 25.7 Å². The van der Waals surface area contributed by atoms with Gasteiger partial charge in [0.2, 0.25) is 0 Å². The molecule has 0 saturated heterocycles. The molecule has 0 aliphatic rings. The zero-order valence-corrected chi connectivity index (χ0v) is 16.0. The maximum Gasteiger partial charge on any atom is 0.134 e. The maximum absolute atomic E-state index is 8.74. The van der Waals surface area contributed by atoms with E-state index in [1.807, 2.05) is 6.07 Å². The summed E-state index contributed by atoms with van der Waals surface area (Å²) in [6.07, 6.45) is 4.50. The van der Waals surface area contributed by atoms with Gasteiger partial charge >= 0.3 is 0 Å². The first-order valence-electron chi connectivity index (χ1n) is 9.77. The number of nitrogens with one attached hydrogen (secondary N) is 1. The van der Waals surface area contributed by atoms with E-state index in [1.165, 1.54) is 11.8 Å². The van der Waals surface area contributed by atoms with Crippen molar-refractivity contribution < 1.29 is 14.6 Å². The quantitative estimate of drug-likeness (QED) is 0.386. The van der Waals surface area contributed by atoms with Crippen molar-refractivity contribution in [3.63, 3.8) is 0 Å². The molecule has 3 rings (SSSR count). The Hall–Kier alpha value is -2.30. The normalized spacial score (nSPS) is 11.2. The van der Waals surface area contributed by atoms with Crippen LogP contribution in [0.2, 0.25) is 0 Å². The summed E-state index contributed by atoms with van der Waals surface area (Å²) in [5.41, 5.74) is 0. The number of rotatable bonds is 11. The highest BCUT2D eigenvalue weighted by atomic mass is 16.5. The van der Waals surface area contributed by atoms with Gasteiger partial charge in [0.1, 0.15) is 11.5 Å². The summed E-state index contributed by atoms with van der Waals surface area (Å²) in [6.45, 7) is 2.58. The molecule has 4 heteroatoms. The first-order valence-corrected chi connectivity index (χ1v) is 9.77. The third kappa shape index (κ3) is 5.12. The number of aliphatic hydroxyl groups excluding tert-OH is 1. The van der Waals surface area contributed by atoms with Crippen molar-refractivity contribution in [2.75, 3.05) is 33.4 Å². The Balaban J connectivity index is 1.65. The van der Waals surface area contributed by atoms with Gasteiger partial charge in [0, 0.05) is 17.3 Å². The lowest BCUT2D eigenvalue weighted by molar-refractivity contribution is 0.291. The van der Waals surface area contributed by atoms with Gasteiger partial charge in [-0.15, -0.1) is 0 Å². The van der Waals surface area contributed by atoms with Gasteiger partial charge in [-0.2, -0.15) is 0 Å². The van der Waals surface area contributed by atoms with Crippen LogP contribution >= 0.6 is 0 Å². The number of unbranched alkanes of at least 4 members (excludes halogenated alkanes) is 3. The van der Waals surface area contributed by atoms with Crippen molar-refractivity contribution >= 4 is 21.5 Å². The van der Waals surface area contributed by atoms with Crippen LogP contribution in [-0.4, -0.2) is 38.5 Å². The minimum atomic E-state index is 0.207. The smallest absolute Gasteiger partial charge is 0.134 e. The van der Waals surface area contributed by atoms with E-state index in [2.05, 4.69) is 47.8 Å². The molecule has 3 aromatic rings. The van der Waals surface area contributed by atoms with Crippen molar-refractivity contribution in [3.05, 3.63) is 48.5 Å². The second-order valence-corrected chi connectivity index (χ2v) is 6.75. The second-order valence-electron chi connectivity index (χ2n) is 6.75. The topological polar surface area (TPSA) is 50.7 Å². The lowest BCUT2D eigenvalue weighted by Crippen LogP contribution is -2.19. The number of hydrogen-bond acceptors (Lipinski definition) is 4. The predicted molar refractivity (Wildman–Crippen MR) is 112 cm³/mol. The minimum absolute atomic E-state index is 0.207. The van der Waals surface area contributed by atoms with Crippen molar-refractivity contribution in [2.24, 2.45) is 0 Å². The lowest BCUT2D eigenvalue weighted by Gasteiger charge is -2.14. The summed E-state index contributed by atoms with van der Waals surface area (Å²) >= 11 is 0. The average Bonchev–Trinajstić information content (AvgIpc) is 2.71. The molecule has 0 aliphatic carbocycles. The van der Waals surface area contributed by atoms with E-state index in [0.717, 1.165) is 60.1 Å². The van der Waals surface area contributed by atoms with Crippen LogP contribution in [-0.2, 0) is 0 Å². The van der Waals surface area contributed by atoms with Crippen LogP contribution in [0.1, 0.15) is 25.7 Å². The monoisotopic (exact) mass is 367 g/mol. The molecule has 2 N–H and O–H groups in total. The third-order valence-corrected chi connectivity index (χ3v) is 4.80. The van der Waals surface area contributed by atoms with Gasteiger partial charge in [-0.3, -0.25) is 0 Å². The highest BCUT2D eigenvalue weighted by Gasteiger charge is 2.09. The lowest BCUT2D eigenvalue weighted by atomic mass is 10.0. The van der Waals surface area contributed by atoms with E-state index >= 15 is 0 Å². The van der Waals surface area contributed by atoms with Crippen LogP contribution in [0.3, 0.4) is 0 Å². The van der Waals surface area contributed by atoms with Gasteiger partial charge in [0.25, 0.3) is 0 Å². The molecular formula is C23H29NO3. The molecule has 0 radical (unpaired) electrons. The molecule has 0 bridgehead atoms. The first-order chi connectivity index (χ1) is 13.3. The van der Waals surface area contributed by atoms with Crippen LogP contribution in [0, 0.1) is 0 Å². The van der Waals surface area contributed by atoms with Gasteiger partial charge in [0.15, 0.2) is 0 Å². The highest BCUT2D eigenvalue weighted by molar-refractivity contribution is 6.05. The Morgan fingerprint density at radius 1 is 0.852 bits per heavy atom. The molecule has 0 heterocycles. The van der Waals surface area contributed by atoms with E-state index < -0.39 is 0 Å². The van der Waals surface area contributed by atoms with E-state index in [9.17, 15) is 0 Å². The van der Waals surface area contributed by atoms with Crippen molar-refractivity contribution in [1.82, 2.24) is 5.32 Å². The summed E-state index contributed by atoms with van der Waals surface area (Å²) in [7, 11) is 1.69. The average molecular weight is 367 g/mol. The van der Waals surface area contributed by atoms with Gasteiger partial charge in [-0.1, -0.05) is 37.1 Å². The molecule has 0 amide bonds. The molecule has 0 spiro atoms. The Morgan fingerprint density at radius 3 is 2.52 bits per heavy atom.